The fourth-order valence-electron chi connectivity index (χ4n) is 1.40. The normalized spacial score (nSPS) is 15.6. The van der Waals surface area contributed by atoms with E-state index in [4.69, 9.17) is 5.11 Å². The summed E-state index contributed by atoms with van der Waals surface area (Å²) < 4.78 is 0. The summed E-state index contributed by atoms with van der Waals surface area (Å²) in [6.45, 7) is 2.31. The van der Waals surface area contributed by atoms with E-state index in [1.807, 2.05) is 0 Å². The van der Waals surface area contributed by atoms with Crippen LogP contribution in [0.5, 0.6) is 0 Å². The molecule has 4 N–H and O–H groups in total. The molecule has 7 nitrogen and oxygen atoms in total. The second-order valence-electron chi connectivity index (χ2n) is 4.26. The van der Waals surface area contributed by atoms with Gasteiger partial charge in [0.1, 0.15) is 6.04 Å². The van der Waals surface area contributed by atoms with E-state index in [2.05, 4.69) is 16.0 Å². The highest BCUT2D eigenvalue weighted by Gasteiger charge is 2.29. The number of urea groups is 1. The average molecular weight is 257 g/mol. The van der Waals surface area contributed by atoms with Crippen LogP contribution >= 0.6 is 0 Å². The zero-order chi connectivity index (χ0) is 13.5. The number of carbonyl (C=O) groups excluding carboxylic acids is 2. The van der Waals surface area contributed by atoms with Gasteiger partial charge in [-0.1, -0.05) is 6.92 Å². The van der Waals surface area contributed by atoms with E-state index in [-0.39, 0.29) is 18.4 Å². The lowest BCUT2D eigenvalue weighted by Crippen LogP contribution is -2.47. The van der Waals surface area contributed by atoms with Gasteiger partial charge in [-0.25, -0.2) is 9.59 Å². The molecule has 1 atom stereocenters. The van der Waals surface area contributed by atoms with Gasteiger partial charge in [-0.2, -0.15) is 0 Å². The smallest absolute Gasteiger partial charge is 0.326 e. The molecule has 1 aliphatic rings. The Morgan fingerprint density at radius 2 is 1.83 bits per heavy atom. The van der Waals surface area contributed by atoms with Gasteiger partial charge in [-0.15, -0.1) is 0 Å². The molecule has 3 amide bonds. The summed E-state index contributed by atoms with van der Waals surface area (Å²) in [4.78, 5) is 33.2. The minimum Gasteiger partial charge on any atom is -0.480 e. The van der Waals surface area contributed by atoms with Crippen molar-refractivity contribution in [1.82, 2.24) is 16.0 Å². The lowest BCUT2D eigenvalue weighted by molar-refractivity contribution is -0.139. The molecule has 0 bridgehead atoms. The monoisotopic (exact) mass is 257 g/mol. The summed E-state index contributed by atoms with van der Waals surface area (Å²) in [6.07, 6.45) is 2.20. The van der Waals surface area contributed by atoms with E-state index in [9.17, 15) is 14.4 Å². The number of amides is 3. The van der Waals surface area contributed by atoms with Crippen LogP contribution in [0.4, 0.5) is 4.79 Å². The van der Waals surface area contributed by atoms with E-state index >= 15 is 0 Å². The van der Waals surface area contributed by atoms with Crippen molar-refractivity contribution >= 4 is 17.9 Å². The number of hydrogen-bond acceptors (Lipinski definition) is 3. The molecule has 18 heavy (non-hydrogen) atoms. The quantitative estimate of drug-likeness (QED) is 0.468. The Balaban J connectivity index is 2.08. The van der Waals surface area contributed by atoms with Crippen molar-refractivity contribution in [3.63, 3.8) is 0 Å². The van der Waals surface area contributed by atoms with E-state index in [1.54, 1.807) is 6.92 Å². The van der Waals surface area contributed by atoms with Gasteiger partial charge in [0.15, 0.2) is 0 Å². The van der Waals surface area contributed by atoms with Gasteiger partial charge >= 0.3 is 12.0 Å². The standard InChI is InChI=1S/C11H19N3O4/c1-2-8(10(16)17)14-11(18)13-6-5-12-9(15)7-3-4-7/h7-8H,2-6H2,1H3,(H,12,15)(H,16,17)(H2,13,14,18)/t8-/m0/s1. The Kier molecular flexibility index (Phi) is 5.41. The summed E-state index contributed by atoms with van der Waals surface area (Å²) in [5.41, 5.74) is 0. The van der Waals surface area contributed by atoms with E-state index in [1.165, 1.54) is 0 Å². The molecule has 1 aliphatic carbocycles. The number of carboxylic acids is 1. The fraction of sp³-hybridized carbons (Fsp3) is 0.727. The van der Waals surface area contributed by atoms with E-state index in [0.717, 1.165) is 12.8 Å². The Bertz CT molecular complexity index is 328. The van der Waals surface area contributed by atoms with Gasteiger partial charge in [0.25, 0.3) is 0 Å². The van der Waals surface area contributed by atoms with Crippen molar-refractivity contribution in [2.75, 3.05) is 13.1 Å². The molecule has 102 valence electrons. The topological polar surface area (TPSA) is 108 Å². The van der Waals surface area contributed by atoms with Crippen molar-refractivity contribution in [2.24, 2.45) is 5.92 Å². The molecule has 0 aromatic heterocycles. The van der Waals surface area contributed by atoms with Crippen LogP contribution < -0.4 is 16.0 Å². The van der Waals surface area contributed by atoms with Crippen LogP contribution in [0.1, 0.15) is 26.2 Å². The SMILES string of the molecule is CC[C@H](NC(=O)NCCNC(=O)C1CC1)C(=O)O. The lowest BCUT2D eigenvalue weighted by Gasteiger charge is -2.13. The minimum atomic E-state index is -1.06. The predicted molar refractivity (Wildman–Crippen MR) is 64.0 cm³/mol. The number of nitrogens with one attached hydrogen (secondary N) is 3. The Hall–Kier alpha value is -1.79. The van der Waals surface area contributed by atoms with Gasteiger partial charge in [0.05, 0.1) is 0 Å². The highest BCUT2D eigenvalue weighted by atomic mass is 16.4. The summed E-state index contributed by atoms with van der Waals surface area (Å²) in [5.74, 6) is -0.890. The third kappa shape index (κ3) is 5.03. The maximum Gasteiger partial charge on any atom is 0.326 e. The van der Waals surface area contributed by atoms with Crippen LogP contribution in [0, 0.1) is 5.92 Å². The summed E-state index contributed by atoms with van der Waals surface area (Å²) in [5, 5.41) is 16.2. The largest absolute Gasteiger partial charge is 0.480 e. The molecule has 0 aliphatic heterocycles. The molecule has 0 aromatic carbocycles. The molecule has 1 rings (SSSR count). The molecular weight excluding hydrogens is 238 g/mol. The van der Waals surface area contributed by atoms with Crippen LogP contribution in [-0.4, -0.2) is 42.1 Å². The molecule has 0 unspecified atom stereocenters. The number of rotatable bonds is 7. The van der Waals surface area contributed by atoms with Crippen LogP contribution in [0.15, 0.2) is 0 Å². The second kappa shape index (κ2) is 6.83. The van der Waals surface area contributed by atoms with Gasteiger partial charge in [-0.3, -0.25) is 4.79 Å². The first-order chi connectivity index (χ1) is 8.54. The number of carboxylic acid groups (broad SMARTS) is 1. The first-order valence-electron chi connectivity index (χ1n) is 6.09. The summed E-state index contributed by atoms with van der Waals surface area (Å²) >= 11 is 0. The van der Waals surface area contributed by atoms with Gasteiger partial charge in [-0.05, 0) is 19.3 Å². The number of carbonyl (C=O) groups is 3. The van der Waals surface area contributed by atoms with Crippen molar-refractivity contribution in [3.8, 4) is 0 Å². The molecule has 7 heteroatoms. The van der Waals surface area contributed by atoms with Gasteiger partial charge in [0, 0.05) is 19.0 Å². The van der Waals surface area contributed by atoms with E-state index in [0.29, 0.717) is 13.0 Å². The molecule has 0 saturated heterocycles. The number of hydrogen-bond donors (Lipinski definition) is 4. The molecule has 1 saturated carbocycles. The third-order valence-electron chi connectivity index (χ3n) is 2.67. The fourth-order valence-corrected chi connectivity index (χ4v) is 1.40. The summed E-state index contributed by atoms with van der Waals surface area (Å²) in [6, 6.07) is -1.42. The lowest BCUT2D eigenvalue weighted by atomic mass is 10.2. The molecule has 0 heterocycles. The van der Waals surface area contributed by atoms with Gasteiger partial charge in [0.2, 0.25) is 5.91 Å². The van der Waals surface area contributed by atoms with Crippen molar-refractivity contribution < 1.29 is 19.5 Å². The maximum absolute atomic E-state index is 11.3. The van der Waals surface area contributed by atoms with Gasteiger partial charge < -0.3 is 21.1 Å². The first-order valence-corrected chi connectivity index (χ1v) is 6.09. The zero-order valence-corrected chi connectivity index (χ0v) is 10.4. The van der Waals surface area contributed by atoms with Crippen LogP contribution in [0.2, 0.25) is 0 Å². The predicted octanol–water partition coefficient (Wildman–Crippen LogP) is -0.325. The second-order valence-corrected chi connectivity index (χ2v) is 4.26. The third-order valence-corrected chi connectivity index (χ3v) is 2.67. The Morgan fingerprint density at radius 1 is 1.22 bits per heavy atom. The number of aliphatic carboxylic acids is 1. The van der Waals surface area contributed by atoms with Crippen molar-refractivity contribution in [3.05, 3.63) is 0 Å². The molecule has 1 fully saturated rings. The molecule has 0 spiro atoms. The summed E-state index contributed by atoms with van der Waals surface area (Å²) in [7, 11) is 0. The maximum atomic E-state index is 11.3. The van der Waals surface area contributed by atoms with Crippen molar-refractivity contribution in [2.45, 2.75) is 32.2 Å². The Morgan fingerprint density at radius 3 is 2.33 bits per heavy atom. The first kappa shape index (κ1) is 14.3. The minimum absolute atomic E-state index is 0.0224. The van der Waals surface area contributed by atoms with Crippen LogP contribution in [-0.2, 0) is 9.59 Å². The highest BCUT2D eigenvalue weighted by Crippen LogP contribution is 2.28. The molecule has 0 radical (unpaired) electrons. The Labute approximate surface area is 105 Å². The van der Waals surface area contributed by atoms with Crippen LogP contribution in [0.3, 0.4) is 0 Å². The highest BCUT2D eigenvalue weighted by molar-refractivity contribution is 5.82. The molecule has 0 aromatic rings. The van der Waals surface area contributed by atoms with Crippen molar-refractivity contribution in [1.29, 1.82) is 0 Å². The average Bonchev–Trinajstić information content (AvgIpc) is 3.14. The zero-order valence-electron chi connectivity index (χ0n) is 10.4. The van der Waals surface area contributed by atoms with Crippen LogP contribution in [0.25, 0.3) is 0 Å². The molecular formula is C11H19N3O4. The van der Waals surface area contributed by atoms with E-state index < -0.39 is 18.0 Å².